The summed E-state index contributed by atoms with van der Waals surface area (Å²) in [5.74, 6) is 2.20. The van der Waals surface area contributed by atoms with Crippen LogP contribution in [0.4, 0.5) is 0 Å². The molecule has 0 spiro atoms. The fraction of sp³-hybridized carbons (Fsp3) is 1.00. The van der Waals surface area contributed by atoms with Crippen molar-refractivity contribution < 1.29 is 4.74 Å². The van der Waals surface area contributed by atoms with Crippen molar-refractivity contribution in [2.75, 3.05) is 19.7 Å². The van der Waals surface area contributed by atoms with Crippen molar-refractivity contribution in [3.05, 3.63) is 0 Å². The molecule has 0 aliphatic carbocycles. The average molecular weight is 227 g/mol. The van der Waals surface area contributed by atoms with E-state index in [2.05, 4.69) is 33.0 Å². The van der Waals surface area contributed by atoms with Gasteiger partial charge in [0.05, 0.1) is 6.10 Å². The maximum Gasteiger partial charge on any atom is 0.0641 e. The number of hydrogen-bond acceptors (Lipinski definition) is 2. The zero-order valence-corrected chi connectivity index (χ0v) is 11.5. The summed E-state index contributed by atoms with van der Waals surface area (Å²) in [4.78, 5) is 0. The first-order chi connectivity index (χ1) is 7.65. The third kappa shape index (κ3) is 4.42. The smallest absolute Gasteiger partial charge is 0.0641 e. The van der Waals surface area contributed by atoms with Crippen LogP contribution in [0.15, 0.2) is 0 Å². The Labute approximate surface area is 101 Å². The highest BCUT2D eigenvalue weighted by molar-refractivity contribution is 4.82. The Hall–Kier alpha value is -0.0800. The fourth-order valence-corrected chi connectivity index (χ4v) is 2.68. The molecule has 3 atom stereocenters. The summed E-state index contributed by atoms with van der Waals surface area (Å²) in [6.07, 6.45) is 4.31. The van der Waals surface area contributed by atoms with Crippen LogP contribution in [0.5, 0.6) is 0 Å². The summed E-state index contributed by atoms with van der Waals surface area (Å²) in [5.41, 5.74) is 0. The van der Waals surface area contributed by atoms with E-state index >= 15 is 0 Å². The van der Waals surface area contributed by atoms with Gasteiger partial charge in [-0.1, -0.05) is 34.1 Å². The molecule has 0 radical (unpaired) electrons. The lowest BCUT2D eigenvalue weighted by Crippen LogP contribution is -2.34. The molecule has 2 heteroatoms. The zero-order valence-electron chi connectivity index (χ0n) is 11.5. The van der Waals surface area contributed by atoms with E-state index < -0.39 is 0 Å². The first-order valence-corrected chi connectivity index (χ1v) is 6.97. The maximum atomic E-state index is 5.90. The molecule has 1 saturated heterocycles. The predicted octanol–water partition coefficient (Wildman–Crippen LogP) is 3.07. The second-order valence-corrected chi connectivity index (χ2v) is 5.70. The fourth-order valence-electron chi connectivity index (χ4n) is 2.68. The van der Waals surface area contributed by atoms with Crippen molar-refractivity contribution in [1.29, 1.82) is 0 Å². The van der Waals surface area contributed by atoms with Crippen molar-refractivity contribution in [2.24, 2.45) is 17.8 Å². The van der Waals surface area contributed by atoms with Gasteiger partial charge in [-0.2, -0.15) is 0 Å². The van der Waals surface area contributed by atoms with Gasteiger partial charge in [0.15, 0.2) is 0 Å². The third-order valence-corrected chi connectivity index (χ3v) is 3.53. The van der Waals surface area contributed by atoms with Crippen LogP contribution in [0.3, 0.4) is 0 Å². The molecule has 0 amide bonds. The van der Waals surface area contributed by atoms with E-state index in [-0.39, 0.29) is 0 Å². The van der Waals surface area contributed by atoms with E-state index in [4.69, 9.17) is 4.74 Å². The molecule has 1 N–H and O–H groups in total. The Morgan fingerprint density at radius 2 is 2.06 bits per heavy atom. The maximum absolute atomic E-state index is 5.90. The number of ether oxygens (including phenoxy) is 1. The van der Waals surface area contributed by atoms with E-state index in [9.17, 15) is 0 Å². The van der Waals surface area contributed by atoms with Crippen LogP contribution in [-0.2, 0) is 4.74 Å². The van der Waals surface area contributed by atoms with Crippen LogP contribution in [0, 0.1) is 17.8 Å². The monoisotopic (exact) mass is 227 g/mol. The highest BCUT2D eigenvalue weighted by Crippen LogP contribution is 2.28. The van der Waals surface area contributed by atoms with E-state index in [1.54, 1.807) is 0 Å². The molecule has 1 aliphatic heterocycles. The van der Waals surface area contributed by atoms with Crippen LogP contribution in [0.1, 0.15) is 47.0 Å². The van der Waals surface area contributed by atoms with Gasteiger partial charge in [-0.05, 0) is 37.1 Å². The average Bonchev–Trinajstić information content (AvgIpc) is 2.66. The Morgan fingerprint density at radius 3 is 2.69 bits per heavy atom. The van der Waals surface area contributed by atoms with Gasteiger partial charge >= 0.3 is 0 Å². The largest absolute Gasteiger partial charge is 0.378 e. The van der Waals surface area contributed by atoms with E-state index in [1.807, 2.05) is 0 Å². The number of hydrogen-bond donors (Lipinski definition) is 1. The molecular weight excluding hydrogens is 198 g/mol. The van der Waals surface area contributed by atoms with Gasteiger partial charge in [0, 0.05) is 13.2 Å². The summed E-state index contributed by atoms with van der Waals surface area (Å²) in [5, 5.41) is 3.57. The molecular formula is C14H29NO. The second kappa shape index (κ2) is 7.29. The van der Waals surface area contributed by atoms with Crippen LogP contribution >= 0.6 is 0 Å². The summed E-state index contributed by atoms with van der Waals surface area (Å²) < 4.78 is 5.90. The van der Waals surface area contributed by atoms with Gasteiger partial charge in [0.2, 0.25) is 0 Å². The predicted molar refractivity (Wildman–Crippen MR) is 69.6 cm³/mol. The Balaban J connectivity index is 2.28. The Morgan fingerprint density at radius 1 is 1.31 bits per heavy atom. The second-order valence-electron chi connectivity index (χ2n) is 5.70. The van der Waals surface area contributed by atoms with Crippen LogP contribution < -0.4 is 5.32 Å². The molecule has 3 unspecified atom stereocenters. The number of nitrogens with one attached hydrogen (secondary N) is 1. The molecule has 1 rings (SSSR count). The van der Waals surface area contributed by atoms with E-state index in [0.29, 0.717) is 6.10 Å². The summed E-state index contributed by atoms with van der Waals surface area (Å²) in [6, 6.07) is 0. The lowest BCUT2D eigenvalue weighted by Gasteiger charge is -2.25. The zero-order chi connectivity index (χ0) is 12.0. The van der Waals surface area contributed by atoms with Crippen molar-refractivity contribution in [2.45, 2.75) is 53.1 Å². The van der Waals surface area contributed by atoms with Gasteiger partial charge in [-0.3, -0.25) is 0 Å². The van der Waals surface area contributed by atoms with Gasteiger partial charge in [-0.15, -0.1) is 0 Å². The van der Waals surface area contributed by atoms with Crippen molar-refractivity contribution in [1.82, 2.24) is 5.32 Å². The highest BCUT2D eigenvalue weighted by Gasteiger charge is 2.31. The van der Waals surface area contributed by atoms with Crippen molar-refractivity contribution in [3.63, 3.8) is 0 Å². The quantitative estimate of drug-likeness (QED) is 0.721. The SMILES string of the molecule is CCCC(C)C1OCCC1CNCC(C)C. The van der Waals surface area contributed by atoms with Crippen LogP contribution in [0.2, 0.25) is 0 Å². The molecule has 0 saturated carbocycles. The molecule has 0 aromatic rings. The normalized spacial score (nSPS) is 27.6. The Kier molecular flexibility index (Phi) is 6.37. The molecule has 0 aromatic carbocycles. The van der Waals surface area contributed by atoms with Gasteiger partial charge in [0.25, 0.3) is 0 Å². The molecule has 0 aromatic heterocycles. The molecule has 0 bridgehead atoms. The molecule has 2 nitrogen and oxygen atoms in total. The first-order valence-electron chi connectivity index (χ1n) is 6.97. The lowest BCUT2D eigenvalue weighted by atomic mass is 9.89. The van der Waals surface area contributed by atoms with E-state index in [0.717, 1.165) is 37.5 Å². The topological polar surface area (TPSA) is 21.3 Å². The lowest BCUT2D eigenvalue weighted by molar-refractivity contribution is 0.0443. The minimum Gasteiger partial charge on any atom is -0.378 e. The first kappa shape index (κ1) is 14.0. The Bertz CT molecular complexity index is 182. The molecule has 96 valence electrons. The minimum atomic E-state index is 0.500. The summed E-state index contributed by atoms with van der Waals surface area (Å²) in [7, 11) is 0. The standard InChI is InChI=1S/C14H29NO/c1-5-6-12(4)14-13(7-8-16-14)10-15-9-11(2)3/h11-15H,5-10H2,1-4H3. The van der Waals surface area contributed by atoms with Crippen molar-refractivity contribution in [3.8, 4) is 0 Å². The van der Waals surface area contributed by atoms with E-state index in [1.165, 1.54) is 19.3 Å². The van der Waals surface area contributed by atoms with Gasteiger partial charge in [-0.25, -0.2) is 0 Å². The summed E-state index contributed by atoms with van der Waals surface area (Å²) >= 11 is 0. The molecule has 16 heavy (non-hydrogen) atoms. The minimum absolute atomic E-state index is 0.500. The number of rotatable bonds is 7. The summed E-state index contributed by atoms with van der Waals surface area (Å²) in [6.45, 7) is 12.4. The molecule has 1 heterocycles. The highest BCUT2D eigenvalue weighted by atomic mass is 16.5. The van der Waals surface area contributed by atoms with Crippen molar-refractivity contribution >= 4 is 0 Å². The van der Waals surface area contributed by atoms with Gasteiger partial charge in [0.1, 0.15) is 0 Å². The van der Waals surface area contributed by atoms with Gasteiger partial charge < -0.3 is 10.1 Å². The third-order valence-electron chi connectivity index (χ3n) is 3.53. The molecule has 1 fully saturated rings. The molecule has 1 aliphatic rings. The van der Waals surface area contributed by atoms with Crippen LogP contribution in [-0.4, -0.2) is 25.8 Å². The van der Waals surface area contributed by atoms with Crippen LogP contribution in [0.25, 0.3) is 0 Å².